The number of nitrogens with zero attached hydrogens (tertiary/aromatic N) is 1. The highest BCUT2D eigenvalue weighted by molar-refractivity contribution is 4.97. The molecule has 4 heteroatoms. The van der Waals surface area contributed by atoms with Gasteiger partial charge in [-0.3, -0.25) is 0 Å². The fraction of sp³-hybridized carbons (Fsp3) is 0.727. The van der Waals surface area contributed by atoms with Crippen molar-refractivity contribution in [1.82, 2.24) is 4.98 Å². The molecule has 4 nitrogen and oxygen atoms in total. The van der Waals surface area contributed by atoms with Crippen molar-refractivity contribution < 1.29 is 14.3 Å². The molecule has 1 heterocycles. The molecule has 2 rings (SSSR count). The average molecular weight is 211 g/mol. The van der Waals surface area contributed by atoms with E-state index in [2.05, 4.69) is 4.98 Å². The van der Waals surface area contributed by atoms with Crippen LogP contribution in [0.5, 0.6) is 6.08 Å². The molecule has 84 valence electrons. The summed E-state index contributed by atoms with van der Waals surface area (Å²) in [6.45, 7) is 0.585. The molecule has 1 N–H and O–H groups in total. The normalized spacial score (nSPS) is 17.9. The minimum absolute atomic E-state index is 0.101. The van der Waals surface area contributed by atoms with Gasteiger partial charge in [-0.05, 0) is 18.8 Å². The molecule has 1 aromatic rings. The Hall–Kier alpha value is -1.03. The van der Waals surface area contributed by atoms with Crippen molar-refractivity contribution in [3.63, 3.8) is 0 Å². The summed E-state index contributed by atoms with van der Waals surface area (Å²) in [4.78, 5) is 3.97. The van der Waals surface area contributed by atoms with Crippen LogP contribution in [0.4, 0.5) is 0 Å². The molecule has 0 spiro atoms. The predicted octanol–water partition coefficient (Wildman–Crippen LogP) is 2.13. The molecule has 1 aromatic heterocycles. The first-order chi connectivity index (χ1) is 7.38. The Balaban J connectivity index is 1.76. The number of aliphatic hydroxyl groups is 1. The van der Waals surface area contributed by atoms with Gasteiger partial charge < -0.3 is 14.3 Å². The lowest BCUT2D eigenvalue weighted by atomic mass is 9.90. The third kappa shape index (κ3) is 2.96. The summed E-state index contributed by atoms with van der Waals surface area (Å²) in [7, 11) is 0. The molecule has 0 amide bonds. The molecule has 15 heavy (non-hydrogen) atoms. The molecule has 0 radical (unpaired) electrons. The van der Waals surface area contributed by atoms with Crippen LogP contribution in [0.3, 0.4) is 0 Å². The van der Waals surface area contributed by atoms with Crippen LogP contribution in [0.15, 0.2) is 10.7 Å². The summed E-state index contributed by atoms with van der Waals surface area (Å²) >= 11 is 0. The molecule has 0 aliphatic heterocycles. The van der Waals surface area contributed by atoms with Crippen molar-refractivity contribution in [3.05, 3.63) is 12.0 Å². The van der Waals surface area contributed by atoms with Crippen molar-refractivity contribution in [2.45, 2.75) is 38.7 Å². The van der Waals surface area contributed by atoms with Gasteiger partial charge in [-0.15, -0.1) is 0 Å². The van der Waals surface area contributed by atoms with E-state index in [9.17, 15) is 0 Å². The van der Waals surface area contributed by atoms with Crippen molar-refractivity contribution in [2.24, 2.45) is 5.92 Å². The lowest BCUT2D eigenvalue weighted by molar-refractivity contribution is 0.164. The Morgan fingerprint density at radius 2 is 2.20 bits per heavy atom. The standard InChI is InChI=1S/C11H17NO3/c13-6-10-8-15-11(12-10)14-7-9-4-2-1-3-5-9/h8-9,13H,1-7H2. The van der Waals surface area contributed by atoms with Crippen molar-refractivity contribution in [3.8, 4) is 6.08 Å². The Labute approximate surface area is 89.3 Å². The number of hydrogen-bond acceptors (Lipinski definition) is 4. The fourth-order valence-electron chi connectivity index (χ4n) is 1.97. The van der Waals surface area contributed by atoms with Crippen LogP contribution in [0.1, 0.15) is 37.8 Å². The fourth-order valence-corrected chi connectivity index (χ4v) is 1.97. The van der Waals surface area contributed by atoms with Crippen LogP contribution in [-0.4, -0.2) is 16.7 Å². The first-order valence-electron chi connectivity index (χ1n) is 5.56. The van der Waals surface area contributed by atoms with Crippen molar-refractivity contribution in [2.75, 3.05) is 6.61 Å². The van der Waals surface area contributed by atoms with E-state index in [4.69, 9.17) is 14.3 Å². The summed E-state index contributed by atoms with van der Waals surface area (Å²) in [6, 6.07) is 0. The lowest BCUT2D eigenvalue weighted by Gasteiger charge is -2.20. The average Bonchev–Trinajstić information content (AvgIpc) is 2.76. The van der Waals surface area contributed by atoms with Gasteiger partial charge in [0.05, 0.1) is 13.2 Å². The van der Waals surface area contributed by atoms with Crippen LogP contribution in [0, 0.1) is 5.92 Å². The molecular weight excluding hydrogens is 194 g/mol. The quantitative estimate of drug-likeness (QED) is 0.828. The van der Waals surface area contributed by atoms with Crippen molar-refractivity contribution >= 4 is 0 Å². The minimum Gasteiger partial charge on any atom is -0.450 e. The number of aliphatic hydroxyl groups excluding tert-OH is 1. The third-order valence-electron chi connectivity index (χ3n) is 2.86. The smallest absolute Gasteiger partial charge is 0.393 e. The van der Waals surface area contributed by atoms with Crippen LogP contribution in [0.25, 0.3) is 0 Å². The summed E-state index contributed by atoms with van der Waals surface area (Å²) in [5.74, 6) is 0.642. The number of oxazole rings is 1. The van der Waals surface area contributed by atoms with Crippen LogP contribution < -0.4 is 4.74 Å². The molecule has 1 fully saturated rings. The molecule has 0 aromatic carbocycles. The summed E-state index contributed by atoms with van der Waals surface area (Å²) < 4.78 is 10.5. The maximum absolute atomic E-state index is 8.79. The van der Waals surface area contributed by atoms with Gasteiger partial charge in [-0.2, -0.15) is 4.98 Å². The summed E-state index contributed by atoms with van der Waals surface area (Å²) in [5, 5.41) is 8.79. The first kappa shape index (κ1) is 10.5. The van der Waals surface area contributed by atoms with Crippen LogP contribution in [-0.2, 0) is 6.61 Å². The largest absolute Gasteiger partial charge is 0.450 e. The van der Waals surface area contributed by atoms with E-state index in [1.165, 1.54) is 38.4 Å². The monoisotopic (exact) mass is 211 g/mol. The maximum atomic E-state index is 8.79. The molecule has 0 atom stereocenters. The Kier molecular flexibility index (Phi) is 3.61. The van der Waals surface area contributed by atoms with Gasteiger partial charge in [-0.1, -0.05) is 19.3 Å². The van der Waals surface area contributed by atoms with Crippen LogP contribution >= 0.6 is 0 Å². The second-order valence-corrected chi connectivity index (χ2v) is 4.08. The van der Waals surface area contributed by atoms with Crippen molar-refractivity contribution in [1.29, 1.82) is 0 Å². The third-order valence-corrected chi connectivity index (χ3v) is 2.86. The highest BCUT2D eigenvalue weighted by Crippen LogP contribution is 2.24. The number of rotatable bonds is 4. The second kappa shape index (κ2) is 5.16. The minimum atomic E-state index is -0.101. The van der Waals surface area contributed by atoms with Crippen LogP contribution in [0.2, 0.25) is 0 Å². The van der Waals surface area contributed by atoms with E-state index in [-0.39, 0.29) is 12.7 Å². The zero-order chi connectivity index (χ0) is 10.5. The van der Waals surface area contributed by atoms with Gasteiger partial charge in [0.25, 0.3) is 0 Å². The van der Waals surface area contributed by atoms with E-state index >= 15 is 0 Å². The number of hydrogen-bond donors (Lipinski definition) is 1. The van der Waals surface area contributed by atoms with Gasteiger partial charge in [0.15, 0.2) is 0 Å². The Morgan fingerprint density at radius 1 is 1.40 bits per heavy atom. The van der Waals surface area contributed by atoms with Gasteiger partial charge in [-0.25, -0.2) is 0 Å². The molecule has 1 saturated carbocycles. The first-order valence-corrected chi connectivity index (χ1v) is 5.56. The molecule has 0 bridgehead atoms. The van der Waals surface area contributed by atoms with E-state index in [0.29, 0.717) is 18.2 Å². The summed E-state index contributed by atoms with van der Waals surface area (Å²) in [6.07, 6.45) is 8.16. The number of ether oxygens (including phenoxy) is 1. The highest BCUT2D eigenvalue weighted by atomic mass is 16.6. The topological polar surface area (TPSA) is 55.5 Å². The second-order valence-electron chi connectivity index (χ2n) is 4.08. The molecule has 1 aliphatic carbocycles. The van der Waals surface area contributed by atoms with Gasteiger partial charge in [0, 0.05) is 0 Å². The Morgan fingerprint density at radius 3 is 2.87 bits per heavy atom. The van der Waals surface area contributed by atoms with E-state index in [1.54, 1.807) is 0 Å². The Bertz CT molecular complexity index is 292. The van der Waals surface area contributed by atoms with Gasteiger partial charge in [0.2, 0.25) is 0 Å². The zero-order valence-electron chi connectivity index (χ0n) is 8.82. The van der Waals surface area contributed by atoms with Gasteiger partial charge in [0.1, 0.15) is 12.0 Å². The zero-order valence-corrected chi connectivity index (χ0v) is 8.82. The molecule has 0 saturated heterocycles. The van der Waals surface area contributed by atoms with E-state index in [1.807, 2.05) is 0 Å². The molecular formula is C11H17NO3. The molecule has 1 aliphatic rings. The van der Waals surface area contributed by atoms with Gasteiger partial charge >= 0.3 is 6.08 Å². The highest BCUT2D eigenvalue weighted by Gasteiger charge is 2.15. The van der Waals surface area contributed by atoms with E-state index in [0.717, 1.165) is 0 Å². The number of aromatic nitrogens is 1. The SMILES string of the molecule is OCc1coc(OCC2CCCCC2)n1. The maximum Gasteiger partial charge on any atom is 0.393 e. The lowest BCUT2D eigenvalue weighted by Crippen LogP contribution is -2.15. The van der Waals surface area contributed by atoms with E-state index < -0.39 is 0 Å². The summed E-state index contributed by atoms with van der Waals surface area (Å²) in [5.41, 5.74) is 0.522. The molecule has 0 unspecified atom stereocenters. The predicted molar refractivity (Wildman–Crippen MR) is 54.5 cm³/mol.